The van der Waals surface area contributed by atoms with Crippen molar-refractivity contribution in [1.82, 2.24) is 4.72 Å². The van der Waals surface area contributed by atoms with E-state index in [1.54, 1.807) is 18.2 Å². The molecule has 0 aliphatic heterocycles. The van der Waals surface area contributed by atoms with Crippen LogP contribution in [0.1, 0.15) is 27.7 Å². The maximum Gasteiger partial charge on any atom is 0.234 e. The number of nitrogens with one attached hydrogen (secondary N) is 1. The second-order valence-corrected chi connectivity index (χ2v) is 4.95. The van der Waals surface area contributed by atoms with Gasteiger partial charge < -0.3 is 5.11 Å². The molecule has 2 aromatic rings. The molecular formula is C15H15NO2S. The van der Waals surface area contributed by atoms with Gasteiger partial charge in [0.2, 0.25) is 5.12 Å². The molecule has 98 valence electrons. The van der Waals surface area contributed by atoms with Crippen LogP contribution >= 0.6 is 11.9 Å². The number of aryl methyl sites for hydroxylation is 1. The quantitative estimate of drug-likeness (QED) is 0.664. The number of aliphatic hydroxyl groups excluding tert-OH is 1. The molecule has 0 bridgehead atoms. The molecule has 1 atom stereocenters. The van der Waals surface area contributed by atoms with E-state index in [4.69, 9.17) is 0 Å². The molecule has 2 rings (SSSR count). The average molecular weight is 273 g/mol. The van der Waals surface area contributed by atoms with Gasteiger partial charge in [-0.15, -0.1) is 0 Å². The van der Waals surface area contributed by atoms with Crippen molar-refractivity contribution in [3.8, 4) is 0 Å². The van der Waals surface area contributed by atoms with Crippen LogP contribution in [0.5, 0.6) is 0 Å². The van der Waals surface area contributed by atoms with Crippen LogP contribution in [-0.2, 0) is 0 Å². The van der Waals surface area contributed by atoms with Gasteiger partial charge >= 0.3 is 0 Å². The maximum absolute atomic E-state index is 12.0. The van der Waals surface area contributed by atoms with E-state index in [9.17, 15) is 9.90 Å². The number of rotatable bonds is 4. The fraction of sp³-hybridized carbons (Fsp3) is 0.133. The van der Waals surface area contributed by atoms with Crippen molar-refractivity contribution in [2.45, 2.75) is 13.2 Å². The number of carbonyl (C=O) groups is 1. The molecule has 0 radical (unpaired) electrons. The van der Waals surface area contributed by atoms with E-state index in [-0.39, 0.29) is 5.12 Å². The second-order valence-electron chi connectivity index (χ2n) is 4.14. The van der Waals surface area contributed by atoms with E-state index in [1.807, 2.05) is 43.3 Å². The second kappa shape index (κ2) is 6.52. The first-order valence-corrected chi connectivity index (χ1v) is 6.75. The highest BCUT2D eigenvalue weighted by Gasteiger charge is 2.12. The predicted molar refractivity (Wildman–Crippen MR) is 77.6 cm³/mol. The van der Waals surface area contributed by atoms with Gasteiger partial charge in [-0.2, -0.15) is 0 Å². The van der Waals surface area contributed by atoms with Crippen molar-refractivity contribution in [1.29, 1.82) is 0 Å². The Labute approximate surface area is 116 Å². The molecule has 2 N–H and O–H groups in total. The van der Waals surface area contributed by atoms with Gasteiger partial charge in [-0.1, -0.05) is 54.6 Å². The van der Waals surface area contributed by atoms with E-state index < -0.39 is 6.23 Å². The molecule has 0 heterocycles. The maximum atomic E-state index is 12.0. The zero-order valence-corrected chi connectivity index (χ0v) is 11.4. The van der Waals surface area contributed by atoms with Gasteiger partial charge in [-0.25, -0.2) is 4.72 Å². The van der Waals surface area contributed by atoms with Crippen molar-refractivity contribution in [2.24, 2.45) is 0 Å². The Balaban J connectivity index is 1.96. The lowest BCUT2D eigenvalue weighted by atomic mass is 10.1. The summed E-state index contributed by atoms with van der Waals surface area (Å²) in [5.74, 6) is 0. The van der Waals surface area contributed by atoms with E-state index in [2.05, 4.69) is 4.72 Å². The highest BCUT2D eigenvalue weighted by atomic mass is 32.2. The minimum absolute atomic E-state index is 0.104. The first-order chi connectivity index (χ1) is 9.18. The van der Waals surface area contributed by atoms with E-state index in [0.29, 0.717) is 5.56 Å². The van der Waals surface area contributed by atoms with Gasteiger partial charge in [0.15, 0.2) is 0 Å². The van der Waals surface area contributed by atoms with Crippen LogP contribution in [0.15, 0.2) is 54.6 Å². The lowest BCUT2D eigenvalue weighted by Crippen LogP contribution is -2.16. The number of hydrogen-bond donors (Lipinski definition) is 2. The van der Waals surface area contributed by atoms with Crippen LogP contribution in [0, 0.1) is 6.92 Å². The fourth-order valence-electron chi connectivity index (χ4n) is 1.67. The van der Waals surface area contributed by atoms with Crippen LogP contribution in [0.25, 0.3) is 0 Å². The van der Waals surface area contributed by atoms with Gasteiger partial charge in [0.25, 0.3) is 0 Å². The largest absolute Gasteiger partial charge is 0.373 e. The third kappa shape index (κ3) is 3.67. The van der Waals surface area contributed by atoms with Crippen molar-refractivity contribution in [2.75, 3.05) is 0 Å². The van der Waals surface area contributed by atoms with Crippen molar-refractivity contribution < 1.29 is 9.90 Å². The molecule has 19 heavy (non-hydrogen) atoms. The number of benzene rings is 2. The van der Waals surface area contributed by atoms with Gasteiger partial charge in [0, 0.05) is 17.5 Å². The average Bonchev–Trinajstić information content (AvgIpc) is 2.46. The van der Waals surface area contributed by atoms with E-state index in [0.717, 1.165) is 23.1 Å². The zero-order chi connectivity index (χ0) is 13.7. The van der Waals surface area contributed by atoms with Crippen LogP contribution in [-0.4, -0.2) is 10.2 Å². The molecule has 0 saturated carbocycles. The van der Waals surface area contributed by atoms with Crippen molar-refractivity contribution >= 4 is 17.1 Å². The Bertz CT molecular complexity index is 557. The minimum atomic E-state index is -0.862. The van der Waals surface area contributed by atoms with Gasteiger partial charge in [0.05, 0.1) is 0 Å². The standard InChI is InChI=1S/C15H15NO2S/c1-11-7-5-6-10-13(11)15(18)19-16-14(17)12-8-3-2-4-9-12/h2-10,14,16-17H,1H3. The molecule has 0 saturated heterocycles. The summed E-state index contributed by atoms with van der Waals surface area (Å²) >= 11 is 0.908. The molecule has 0 aliphatic carbocycles. The summed E-state index contributed by atoms with van der Waals surface area (Å²) < 4.78 is 2.75. The first kappa shape index (κ1) is 13.8. The summed E-state index contributed by atoms with van der Waals surface area (Å²) in [6, 6.07) is 16.6. The SMILES string of the molecule is Cc1ccccc1C(=O)SNC(O)c1ccccc1. The molecule has 0 aromatic heterocycles. The first-order valence-electron chi connectivity index (χ1n) is 5.94. The monoisotopic (exact) mass is 273 g/mol. The molecule has 4 heteroatoms. The molecule has 0 aliphatic rings. The predicted octanol–water partition coefficient (Wildman–Crippen LogP) is 3.06. The van der Waals surface area contributed by atoms with Crippen LogP contribution < -0.4 is 4.72 Å². The van der Waals surface area contributed by atoms with Crippen molar-refractivity contribution in [3.05, 3.63) is 71.3 Å². The highest BCUT2D eigenvalue weighted by Crippen LogP contribution is 2.17. The minimum Gasteiger partial charge on any atom is -0.373 e. The van der Waals surface area contributed by atoms with E-state index in [1.165, 1.54) is 0 Å². The summed E-state index contributed by atoms with van der Waals surface area (Å²) in [5, 5.41) is 9.80. The Morgan fingerprint density at radius 2 is 1.74 bits per heavy atom. The summed E-state index contributed by atoms with van der Waals surface area (Å²) in [7, 11) is 0. The highest BCUT2D eigenvalue weighted by molar-refractivity contribution is 8.12. The van der Waals surface area contributed by atoms with Gasteiger partial charge in [-0.05, 0) is 18.1 Å². The molecule has 0 spiro atoms. The summed E-state index contributed by atoms with van der Waals surface area (Å²) in [5.41, 5.74) is 2.31. The summed E-state index contributed by atoms with van der Waals surface area (Å²) in [6.07, 6.45) is -0.862. The normalized spacial score (nSPS) is 12.1. The fourth-order valence-corrected chi connectivity index (χ4v) is 2.36. The Morgan fingerprint density at radius 1 is 1.11 bits per heavy atom. The Hall–Kier alpha value is -1.62. The molecule has 2 aromatic carbocycles. The topological polar surface area (TPSA) is 49.3 Å². The van der Waals surface area contributed by atoms with Crippen LogP contribution in [0.3, 0.4) is 0 Å². The molecule has 0 amide bonds. The molecule has 0 fully saturated rings. The molecule has 1 unspecified atom stereocenters. The Morgan fingerprint density at radius 3 is 2.42 bits per heavy atom. The lowest BCUT2D eigenvalue weighted by Gasteiger charge is -2.12. The lowest BCUT2D eigenvalue weighted by molar-refractivity contribution is 0.108. The number of hydrogen-bond acceptors (Lipinski definition) is 4. The molecular weight excluding hydrogens is 258 g/mol. The summed E-state index contributed by atoms with van der Waals surface area (Å²) in [4.78, 5) is 12.0. The smallest absolute Gasteiger partial charge is 0.234 e. The molecule has 3 nitrogen and oxygen atoms in total. The van der Waals surface area contributed by atoms with Gasteiger partial charge in [0.1, 0.15) is 6.23 Å². The van der Waals surface area contributed by atoms with Crippen LogP contribution in [0.4, 0.5) is 0 Å². The Kier molecular flexibility index (Phi) is 4.74. The number of carbonyl (C=O) groups excluding carboxylic acids is 1. The number of aliphatic hydroxyl groups is 1. The third-order valence-corrected chi connectivity index (χ3v) is 3.49. The van der Waals surface area contributed by atoms with Crippen LogP contribution in [0.2, 0.25) is 0 Å². The van der Waals surface area contributed by atoms with E-state index >= 15 is 0 Å². The van der Waals surface area contributed by atoms with Crippen molar-refractivity contribution in [3.63, 3.8) is 0 Å². The summed E-state index contributed by atoms with van der Waals surface area (Å²) in [6.45, 7) is 1.89. The zero-order valence-electron chi connectivity index (χ0n) is 10.5. The third-order valence-electron chi connectivity index (χ3n) is 2.74. The van der Waals surface area contributed by atoms with Gasteiger partial charge in [-0.3, -0.25) is 4.79 Å².